The lowest BCUT2D eigenvalue weighted by Gasteiger charge is -2.06. The molecule has 0 aromatic heterocycles. The molecule has 1 aromatic carbocycles. The molecule has 1 rings (SSSR count). The van der Waals surface area contributed by atoms with Crippen molar-refractivity contribution in [1.29, 1.82) is 0 Å². The molecule has 0 aliphatic rings. The molecule has 0 heterocycles. The van der Waals surface area contributed by atoms with Gasteiger partial charge in [0.25, 0.3) is 0 Å². The number of benzene rings is 1. The van der Waals surface area contributed by atoms with Crippen molar-refractivity contribution in [3.63, 3.8) is 0 Å². The topological polar surface area (TPSA) is 35.5 Å². The molecule has 0 saturated heterocycles. The number of hydrogen-bond acceptors (Lipinski definition) is 3. The fourth-order valence-corrected chi connectivity index (χ4v) is 1.98. The Morgan fingerprint density at radius 2 is 1.55 bits per heavy atom. The summed E-state index contributed by atoms with van der Waals surface area (Å²) in [6.07, 6.45) is 6.96. The van der Waals surface area contributed by atoms with Crippen LogP contribution in [0.5, 0.6) is 0 Å². The Labute approximate surface area is 122 Å². The molecule has 0 saturated carbocycles. The Kier molecular flexibility index (Phi) is 9.37. The van der Waals surface area contributed by atoms with E-state index in [0.29, 0.717) is 13.2 Å². The van der Waals surface area contributed by atoms with Gasteiger partial charge in [-0.05, 0) is 24.8 Å². The monoisotopic (exact) mass is 278 g/mol. The molecule has 0 radical (unpaired) electrons. The van der Waals surface area contributed by atoms with Crippen LogP contribution in [0.15, 0.2) is 30.3 Å². The van der Waals surface area contributed by atoms with E-state index < -0.39 is 6.16 Å². The summed E-state index contributed by atoms with van der Waals surface area (Å²) < 4.78 is 10.0. The third kappa shape index (κ3) is 8.57. The summed E-state index contributed by atoms with van der Waals surface area (Å²) in [5, 5.41) is 0. The largest absolute Gasteiger partial charge is 0.508 e. The van der Waals surface area contributed by atoms with Gasteiger partial charge in [-0.3, -0.25) is 0 Å². The van der Waals surface area contributed by atoms with Crippen molar-refractivity contribution < 1.29 is 14.3 Å². The van der Waals surface area contributed by atoms with E-state index in [4.69, 9.17) is 9.47 Å². The minimum Gasteiger partial charge on any atom is -0.434 e. The lowest BCUT2D eigenvalue weighted by molar-refractivity contribution is 0.0534. The highest BCUT2D eigenvalue weighted by Gasteiger charge is 2.03. The normalized spacial score (nSPS) is 10.2. The van der Waals surface area contributed by atoms with E-state index in [9.17, 15) is 4.79 Å². The van der Waals surface area contributed by atoms with Crippen LogP contribution in [0.25, 0.3) is 0 Å². The molecule has 0 N–H and O–H groups in total. The van der Waals surface area contributed by atoms with E-state index in [-0.39, 0.29) is 0 Å². The average Bonchev–Trinajstić information content (AvgIpc) is 2.48. The van der Waals surface area contributed by atoms with Crippen molar-refractivity contribution in [3.8, 4) is 0 Å². The first-order chi connectivity index (χ1) is 9.83. The summed E-state index contributed by atoms with van der Waals surface area (Å²) in [5.74, 6) is 0. The Morgan fingerprint density at radius 1 is 0.900 bits per heavy atom. The number of carbonyl (C=O) groups excluding carboxylic acids is 1. The molecule has 0 aliphatic carbocycles. The lowest BCUT2D eigenvalue weighted by atomic mass is 10.1. The van der Waals surface area contributed by atoms with Gasteiger partial charge in [0.2, 0.25) is 0 Å². The second-order valence-electron chi connectivity index (χ2n) is 4.95. The first kappa shape index (κ1) is 16.5. The molecule has 0 bridgehead atoms. The predicted molar refractivity (Wildman–Crippen MR) is 80.8 cm³/mol. The average molecular weight is 278 g/mol. The van der Waals surface area contributed by atoms with Gasteiger partial charge in [-0.15, -0.1) is 0 Å². The van der Waals surface area contributed by atoms with Crippen LogP contribution >= 0.6 is 0 Å². The molecular weight excluding hydrogens is 252 g/mol. The molecule has 0 amide bonds. The minimum atomic E-state index is -0.534. The number of carbonyl (C=O) groups is 1. The third-order valence-electron chi connectivity index (χ3n) is 3.14. The highest BCUT2D eigenvalue weighted by atomic mass is 16.7. The van der Waals surface area contributed by atoms with Gasteiger partial charge in [0.1, 0.15) is 0 Å². The van der Waals surface area contributed by atoms with Crippen molar-refractivity contribution in [2.45, 2.75) is 51.9 Å². The number of rotatable bonds is 10. The lowest BCUT2D eigenvalue weighted by Crippen LogP contribution is -2.10. The molecule has 0 unspecified atom stereocenters. The van der Waals surface area contributed by atoms with Crippen molar-refractivity contribution in [2.24, 2.45) is 0 Å². The molecule has 0 fully saturated rings. The SMILES string of the molecule is CCCCCCCOC(=O)OCCCc1ccccc1. The summed E-state index contributed by atoms with van der Waals surface area (Å²) in [7, 11) is 0. The van der Waals surface area contributed by atoms with E-state index in [1.165, 1.54) is 24.8 Å². The quantitative estimate of drug-likeness (QED) is 0.458. The van der Waals surface area contributed by atoms with E-state index >= 15 is 0 Å². The maximum atomic E-state index is 11.3. The molecule has 20 heavy (non-hydrogen) atoms. The Morgan fingerprint density at radius 3 is 2.25 bits per heavy atom. The van der Waals surface area contributed by atoms with Crippen LogP contribution in [0.3, 0.4) is 0 Å². The van der Waals surface area contributed by atoms with Crippen LogP contribution in [0.1, 0.15) is 51.0 Å². The Balaban J connectivity index is 1.92. The first-order valence-corrected chi connectivity index (χ1v) is 7.66. The smallest absolute Gasteiger partial charge is 0.434 e. The molecule has 1 aromatic rings. The van der Waals surface area contributed by atoms with Gasteiger partial charge >= 0.3 is 6.16 Å². The van der Waals surface area contributed by atoms with Gasteiger partial charge in [-0.1, -0.05) is 62.9 Å². The van der Waals surface area contributed by atoms with Crippen LogP contribution in [0, 0.1) is 0 Å². The molecular formula is C17H26O3. The van der Waals surface area contributed by atoms with Gasteiger partial charge < -0.3 is 9.47 Å². The number of unbranched alkanes of at least 4 members (excludes halogenated alkanes) is 4. The molecule has 0 atom stereocenters. The second-order valence-corrected chi connectivity index (χ2v) is 4.95. The summed E-state index contributed by atoms with van der Waals surface area (Å²) in [5.41, 5.74) is 1.26. The summed E-state index contributed by atoms with van der Waals surface area (Å²) >= 11 is 0. The van der Waals surface area contributed by atoms with Crippen LogP contribution in [0.2, 0.25) is 0 Å². The zero-order chi connectivity index (χ0) is 14.5. The van der Waals surface area contributed by atoms with Crippen LogP contribution < -0.4 is 0 Å². The fourth-order valence-electron chi connectivity index (χ4n) is 1.98. The van der Waals surface area contributed by atoms with Gasteiger partial charge in [-0.2, -0.15) is 0 Å². The second kappa shape index (κ2) is 11.3. The molecule has 0 spiro atoms. The molecule has 3 heteroatoms. The Hall–Kier alpha value is -1.51. The van der Waals surface area contributed by atoms with Gasteiger partial charge in [-0.25, -0.2) is 4.79 Å². The highest BCUT2D eigenvalue weighted by molar-refractivity contribution is 5.59. The zero-order valence-corrected chi connectivity index (χ0v) is 12.5. The number of hydrogen-bond donors (Lipinski definition) is 0. The fraction of sp³-hybridized carbons (Fsp3) is 0.588. The van der Waals surface area contributed by atoms with Crippen molar-refractivity contribution in [1.82, 2.24) is 0 Å². The Bertz CT molecular complexity index is 349. The first-order valence-electron chi connectivity index (χ1n) is 7.66. The van der Waals surface area contributed by atoms with Gasteiger partial charge in [0.05, 0.1) is 13.2 Å². The number of ether oxygens (including phenoxy) is 2. The van der Waals surface area contributed by atoms with E-state index in [2.05, 4.69) is 19.1 Å². The summed E-state index contributed by atoms with van der Waals surface area (Å²) in [6.45, 7) is 3.08. The number of aryl methyl sites for hydroxylation is 1. The zero-order valence-electron chi connectivity index (χ0n) is 12.5. The van der Waals surface area contributed by atoms with E-state index in [0.717, 1.165) is 25.7 Å². The third-order valence-corrected chi connectivity index (χ3v) is 3.14. The van der Waals surface area contributed by atoms with Crippen LogP contribution in [-0.2, 0) is 15.9 Å². The van der Waals surface area contributed by atoms with Gasteiger partial charge in [0, 0.05) is 0 Å². The maximum Gasteiger partial charge on any atom is 0.508 e. The predicted octanol–water partition coefficient (Wildman–Crippen LogP) is 4.74. The summed E-state index contributed by atoms with van der Waals surface area (Å²) in [6, 6.07) is 10.2. The summed E-state index contributed by atoms with van der Waals surface area (Å²) in [4.78, 5) is 11.3. The van der Waals surface area contributed by atoms with Crippen LogP contribution in [-0.4, -0.2) is 19.4 Å². The molecule has 112 valence electrons. The highest BCUT2D eigenvalue weighted by Crippen LogP contribution is 2.04. The minimum absolute atomic E-state index is 0.420. The standard InChI is InChI=1S/C17H26O3/c1-2-3-4-5-9-14-19-17(18)20-15-10-13-16-11-7-6-8-12-16/h6-8,11-12H,2-5,9-10,13-15H2,1H3. The van der Waals surface area contributed by atoms with Crippen molar-refractivity contribution in [3.05, 3.63) is 35.9 Å². The van der Waals surface area contributed by atoms with E-state index in [1.807, 2.05) is 18.2 Å². The van der Waals surface area contributed by atoms with E-state index in [1.54, 1.807) is 0 Å². The van der Waals surface area contributed by atoms with Crippen molar-refractivity contribution >= 4 is 6.16 Å². The molecule has 3 nitrogen and oxygen atoms in total. The van der Waals surface area contributed by atoms with Gasteiger partial charge in [0.15, 0.2) is 0 Å². The van der Waals surface area contributed by atoms with Crippen molar-refractivity contribution in [2.75, 3.05) is 13.2 Å². The maximum absolute atomic E-state index is 11.3. The van der Waals surface area contributed by atoms with Crippen LogP contribution in [0.4, 0.5) is 4.79 Å². The molecule has 0 aliphatic heterocycles.